The quantitative estimate of drug-likeness (QED) is 0.102. The largest absolute Gasteiger partial charge is 0.334 e. The van der Waals surface area contributed by atoms with E-state index in [2.05, 4.69) is 277 Å². The van der Waals surface area contributed by atoms with Crippen LogP contribution in [0.1, 0.15) is 32.3 Å². The van der Waals surface area contributed by atoms with Gasteiger partial charge < -0.3 is 19.6 Å². The lowest BCUT2D eigenvalue weighted by Gasteiger charge is -2.37. The summed E-state index contributed by atoms with van der Waals surface area (Å²) in [5.41, 5.74) is 12.1. The normalized spacial score (nSPS) is 16.3. The van der Waals surface area contributed by atoms with Gasteiger partial charge in [0.2, 0.25) is 0 Å². The lowest BCUT2D eigenvalue weighted by Crippen LogP contribution is -2.42. The standard InChI is InChI=1S/C59H54N6/c1-4-46(36-35-45(2)63(49-23-11-5-12-24-49)50-25-13-6-14-26-50)58-60-57(47-37-41-55(42-38-47)64(51-27-15-7-16-28-51)52-29-17-8-18-30-52)61-59(62(58)3)48-39-43-56(44-40-48)65(53-31-19-9-20-32-53)54-33-21-10-22-34-54/h5-43,56,59H,4,44H2,1-3H3/b45-35+,46-36+. The summed E-state index contributed by atoms with van der Waals surface area (Å²) >= 11 is 0. The zero-order valence-corrected chi connectivity index (χ0v) is 37.3. The van der Waals surface area contributed by atoms with E-state index in [-0.39, 0.29) is 12.2 Å². The summed E-state index contributed by atoms with van der Waals surface area (Å²) in [4.78, 5) is 20.1. The second-order valence-electron chi connectivity index (χ2n) is 16.2. The van der Waals surface area contributed by atoms with Crippen molar-refractivity contribution in [2.45, 2.75) is 38.9 Å². The molecule has 0 amide bonds. The molecule has 2 aliphatic rings. The van der Waals surface area contributed by atoms with Gasteiger partial charge in [-0.15, -0.1) is 0 Å². The molecule has 0 saturated carbocycles. The second-order valence-corrected chi connectivity index (χ2v) is 16.2. The van der Waals surface area contributed by atoms with Gasteiger partial charge in [-0.25, -0.2) is 9.98 Å². The average molecular weight is 847 g/mol. The zero-order valence-electron chi connectivity index (χ0n) is 37.3. The van der Waals surface area contributed by atoms with Crippen molar-refractivity contribution >= 4 is 51.5 Å². The number of hydrogen-bond donors (Lipinski definition) is 0. The molecule has 0 fully saturated rings. The van der Waals surface area contributed by atoms with Gasteiger partial charge in [0, 0.05) is 58.1 Å². The van der Waals surface area contributed by atoms with Gasteiger partial charge in [-0.05, 0) is 134 Å². The van der Waals surface area contributed by atoms with Crippen LogP contribution in [0, 0.1) is 0 Å². The van der Waals surface area contributed by atoms with Gasteiger partial charge in [-0.2, -0.15) is 0 Å². The number of nitrogens with zero attached hydrogens (tertiary/aromatic N) is 6. The third-order valence-electron chi connectivity index (χ3n) is 11.9. The van der Waals surface area contributed by atoms with Crippen molar-refractivity contribution < 1.29 is 0 Å². The predicted molar refractivity (Wildman–Crippen MR) is 274 cm³/mol. The highest BCUT2D eigenvalue weighted by Crippen LogP contribution is 2.37. The molecule has 0 aromatic heterocycles. The van der Waals surface area contributed by atoms with E-state index in [1.54, 1.807) is 0 Å². The number of aliphatic imine (C=N–C) groups is 2. The van der Waals surface area contributed by atoms with E-state index in [9.17, 15) is 0 Å². The fourth-order valence-corrected chi connectivity index (χ4v) is 8.70. The maximum Gasteiger partial charge on any atom is 0.159 e. The highest BCUT2D eigenvalue weighted by Gasteiger charge is 2.30. The Labute approximate surface area is 384 Å². The van der Waals surface area contributed by atoms with Crippen molar-refractivity contribution in [3.05, 3.63) is 259 Å². The minimum Gasteiger partial charge on any atom is -0.334 e. The SMILES string of the molecule is CC/C(=C\C=C(/C)N(c1ccccc1)c1ccccc1)C1=NC(c2ccc(N(c3ccccc3)c3ccccc3)cc2)=NC(C2=CCC(N(c3ccccc3)c3ccccc3)C=C2)N1C. The van der Waals surface area contributed by atoms with Crippen molar-refractivity contribution in [2.75, 3.05) is 21.7 Å². The molecule has 0 saturated heterocycles. The Morgan fingerprint density at radius 3 is 1.46 bits per heavy atom. The van der Waals surface area contributed by atoms with Crippen molar-refractivity contribution in [3.63, 3.8) is 0 Å². The molecule has 0 bridgehead atoms. The number of para-hydroxylation sites is 6. The first-order chi connectivity index (χ1) is 32.1. The number of anilines is 7. The Bertz CT molecular complexity index is 2720. The van der Waals surface area contributed by atoms with Crippen molar-refractivity contribution in [1.29, 1.82) is 0 Å². The third kappa shape index (κ3) is 9.53. The minimum absolute atomic E-state index is 0.134. The van der Waals surface area contributed by atoms with Gasteiger partial charge in [0.15, 0.2) is 5.84 Å². The molecule has 7 aromatic carbocycles. The maximum atomic E-state index is 5.46. The number of likely N-dealkylation sites (N-methyl/N-ethyl adjacent to an activating group) is 1. The van der Waals surface area contributed by atoms with Crippen molar-refractivity contribution in [3.8, 4) is 0 Å². The number of allylic oxidation sites excluding steroid dienone is 3. The summed E-state index contributed by atoms with van der Waals surface area (Å²) in [7, 11) is 2.13. The van der Waals surface area contributed by atoms with Crippen LogP contribution in [0.3, 0.4) is 0 Å². The van der Waals surface area contributed by atoms with E-state index in [4.69, 9.17) is 9.98 Å². The van der Waals surface area contributed by atoms with Crippen LogP contribution in [0.15, 0.2) is 263 Å². The van der Waals surface area contributed by atoms with Crippen LogP contribution in [-0.2, 0) is 0 Å². The summed E-state index contributed by atoms with van der Waals surface area (Å²) in [6, 6.07) is 72.2. The molecule has 2 atom stereocenters. The smallest absolute Gasteiger partial charge is 0.159 e. The minimum atomic E-state index is -0.286. The fourth-order valence-electron chi connectivity index (χ4n) is 8.70. The van der Waals surface area contributed by atoms with Crippen LogP contribution in [0.5, 0.6) is 0 Å². The molecule has 1 aliphatic heterocycles. The summed E-state index contributed by atoms with van der Waals surface area (Å²) in [6.07, 6.45) is 12.8. The molecule has 7 aromatic rings. The van der Waals surface area contributed by atoms with Gasteiger partial charge in [0.05, 0.1) is 6.04 Å². The molecule has 320 valence electrons. The summed E-state index contributed by atoms with van der Waals surface area (Å²) in [5.74, 6) is 1.62. The molecule has 65 heavy (non-hydrogen) atoms. The average Bonchev–Trinajstić information content (AvgIpc) is 3.37. The number of benzene rings is 7. The molecule has 1 aliphatic carbocycles. The van der Waals surface area contributed by atoms with Crippen LogP contribution in [0.25, 0.3) is 0 Å². The number of hydrogen-bond acceptors (Lipinski definition) is 6. The van der Waals surface area contributed by atoms with Gasteiger partial charge >= 0.3 is 0 Å². The summed E-state index contributed by atoms with van der Waals surface area (Å²) < 4.78 is 0. The van der Waals surface area contributed by atoms with E-state index in [0.717, 1.165) is 80.9 Å². The van der Waals surface area contributed by atoms with Gasteiger partial charge in [-0.3, -0.25) is 0 Å². The lowest BCUT2D eigenvalue weighted by atomic mass is 9.97. The van der Waals surface area contributed by atoms with Gasteiger partial charge in [0.1, 0.15) is 12.0 Å². The van der Waals surface area contributed by atoms with Gasteiger partial charge in [-0.1, -0.05) is 140 Å². The van der Waals surface area contributed by atoms with E-state index in [1.165, 1.54) is 0 Å². The summed E-state index contributed by atoms with van der Waals surface area (Å²) in [6.45, 7) is 4.38. The van der Waals surface area contributed by atoms with Crippen molar-refractivity contribution in [2.24, 2.45) is 9.98 Å². The molecule has 0 N–H and O–H groups in total. The molecule has 0 spiro atoms. The Morgan fingerprint density at radius 2 is 1.02 bits per heavy atom. The third-order valence-corrected chi connectivity index (χ3v) is 11.9. The first-order valence-electron chi connectivity index (χ1n) is 22.5. The van der Waals surface area contributed by atoms with E-state index in [0.29, 0.717) is 5.84 Å². The second kappa shape index (κ2) is 20.0. The predicted octanol–water partition coefficient (Wildman–Crippen LogP) is 14.7. The van der Waals surface area contributed by atoms with Gasteiger partial charge in [0.25, 0.3) is 0 Å². The highest BCUT2D eigenvalue weighted by atomic mass is 15.3. The first kappa shape index (κ1) is 42.3. The zero-order chi connectivity index (χ0) is 44.4. The fraction of sp³-hybridized carbons (Fsp3) is 0.119. The highest BCUT2D eigenvalue weighted by molar-refractivity contribution is 6.13. The van der Waals surface area contributed by atoms with Crippen molar-refractivity contribution in [1.82, 2.24) is 4.90 Å². The van der Waals surface area contributed by atoms with Crippen LogP contribution in [-0.4, -0.2) is 35.8 Å². The number of amidine groups is 2. The van der Waals surface area contributed by atoms with E-state index >= 15 is 0 Å². The maximum absolute atomic E-state index is 5.46. The Balaban J connectivity index is 1.09. The van der Waals surface area contributed by atoms with E-state index in [1.807, 2.05) is 0 Å². The first-order valence-corrected chi connectivity index (χ1v) is 22.5. The Hall–Kier alpha value is -7.96. The molecular weight excluding hydrogens is 793 g/mol. The number of rotatable bonds is 14. The molecular formula is C59H54N6. The van der Waals surface area contributed by atoms with E-state index < -0.39 is 0 Å². The van der Waals surface area contributed by atoms with Crippen LogP contribution in [0.4, 0.5) is 39.8 Å². The molecule has 9 rings (SSSR count). The Morgan fingerprint density at radius 1 is 0.569 bits per heavy atom. The van der Waals surface area contributed by atoms with Crippen LogP contribution in [0.2, 0.25) is 0 Å². The molecule has 0 radical (unpaired) electrons. The lowest BCUT2D eigenvalue weighted by molar-refractivity contribution is 0.418. The molecule has 2 unspecified atom stereocenters. The molecule has 6 nitrogen and oxygen atoms in total. The summed E-state index contributed by atoms with van der Waals surface area (Å²) in [5, 5.41) is 0. The monoisotopic (exact) mass is 846 g/mol. The topological polar surface area (TPSA) is 37.7 Å². The Kier molecular flexibility index (Phi) is 13.1. The van der Waals surface area contributed by atoms with Crippen LogP contribution < -0.4 is 14.7 Å². The van der Waals surface area contributed by atoms with Crippen LogP contribution >= 0.6 is 0 Å². The molecule has 6 heteroatoms. The molecule has 1 heterocycles.